The van der Waals surface area contributed by atoms with Gasteiger partial charge < -0.3 is 16.2 Å². The smallest absolute Gasteiger partial charge is 0.238 e. The average molecular weight is 291 g/mol. The van der Waals surface area contributed by atoms with E-state index in [1.165, 1.54) is 0 Å². The summed E-state index contributed by atoms with van der Waals surface area (Å²) in [6.45, 7) is 0.675. The number of aliphatic hydroxyl groups is 1. The zero-order valence-electron chi connectivity index (χ0n) is 12.6. The Morgan fingerprint density at radius 1 is 1.38 bits per heavy atom. The van der Waals surface area contributed by atoms with Gasteiger partial charge in [0, 0.05) is 18.3 Å². The van der Waals surface area contributed by atoms with Crippen molar-refractivity contribution in [1.29, 1.82) is 0 Å². The molecule has 1 aromatic carbocycles. The van der Waals surface area contributed by atoms with Gasteiger partial charge in [-0.1, -0.05) is 31.0 Å². The topological polar surface area (TPSA) is 78.6 Å². The monoisotopic (exact) mass is 291 g/mol. The van der Waals surface area contributed by atoms with Gasteiger partial charge >= 0.3 is 0 Å². The van der Waals surface area contributed by atoms with Gasteiger partial charge in [0.15, 0.2) is 0 Å². The first kappa shape index (κ1) is 15.9. The first-order chi connectivity index (χ1) is 10.1. The standard InChI is InChI=1S/C16H25N3O2/c1-19(14-8-4-5-9-15(14)20)11-16(21)18-13-7-3-2-6-12(13)10-17/h2-3,6-7,14-15,20H,4-5,8-11,17H2,1H3,(H,18,21). The van der Waals surface area contributed by atoms with E-state index in [0.29, 0.717) is 6.54 Å². The van der Waals surface area contributed by atoms with Crippen LogP contribution in [0.2, 0.25) is 0 Å². The first-order valence-electron chi connectivity index (χ1n) is 7.58. The Morgan fingerprint density at radius 2 is 2.10 bits per heavy atom. The van der Waals surface area contributed by atoms with Crippen molar-refractivity contribution in [1.82, 2.24) is 4.90 Å². The van der Waals surface area contributed by atoms with E-state index in [0.717, 1.165) is 36.9 Å². The lowest BCUT2D eigenvalue weighted by molar-refractivity contribution is -0.118. The van der Waals surface area contributed by atoms with Gasteiger partial charge in [0.05, 0.1) is 12.6 Å². The van der Waals surface area contributed by atoms with E-state index in [9.17, 15) is 9.90 Å². The summed E-state index contributed by atoms with van der Waals surface area (Å²) < 4.78 is 0. The van der Waals surface area contributed by atoms with Gasteiger partial charge in [0.25, 0.3) is 0 Å². The van der Waals surface area contributed by atoms with Gasteiger partial charge in [-0.3, -0.25) is 9.69 Å². The highest BCUT2D eigenvalue weighted by atomic mass is 16.3. The number of para-hydroxylation sites is 1. The molecule has 2 unspecified atom stereocenters. The molecule has 0 aromatic heterocycles. The van der Waals surface area contributed by atoms with Crippen LogP contribution in [0.4, 0.5) is 5.69 Å². The molecule has 1 aliphatic carbocycles. The minimum absolute atomic E-state index is 0.0730. The van der Waals surface area contributed by atoms with E-state index < -0.39 is 0 Å². The molecule has 1 aromatic rings. The van der Waals surface area contributed by atoms with Gasteiger partial charge in [-0.2, -0.15) is 0 Å². The van der Waals surface area contributed by atoms with Gasteiger partial charge in [-0.25, -0.2) is 0 Å². The second-order valence-electron chi connectivity index (χ2n) is 5.74. The lowest BCUT2D eigenvalue weighted by Crippen LogP contribution is -2.46. The Morgan fingerprint density at radius 3 is 2.81 bits per heavy atom. The predicted octanol–water partition coefficient (Wildman–Crippen LogP) is 1.32. The molecule has 1 amide bonds. The van der Waals surface area contributed by atoms with Crippen LogP contribution in [-0.2, 0) is 11.3 Å². The molecule has 1 fully saturated rings. The fraction of sp³-hybridized carbons (Fsp3) is 0.562. The molecule has 1 saturated carbocycles. The van der Waals surface area contributed by atoms with E-state index in [-0.39, 0.29) is 24.6 Å². The highest BCUT2D eigenvalue weighted by Crippen LogP contribution is 2.22. The summed E-state index contributed by atoms with van der Waals surface area (Å²) in [7, 11) is 1.90. The van der Waals surface area contributed by atoms with Gasteiger partial charge in [0.1, 0.15) is 0 Å². The third kappa shape index (κ3) is 4.27. The molecule has 5 nitrogen and oxygen atoms in total. The number of carbonyl (C=O) groups is 1. The average Bonchev–Trinajstić information content (AvgIpc) is 2.48. The predicted molar refractivity (Wildman–Crippen MR) is 83.9 cm³/mol. The maximum Gasteiger partial charge on any atom is 0.238 e. The lowest BCUT2D eigenvalue weighted by atomic mass is 9.91. The van der Waals surface area contributed by atoms with Crippen LogP contribution in [0.3, 0.4) is 0 Å². The third-order valence-electron chi connectivity index (χ3n) is 4.16. The van der Waals surface area contributed by atoms with Gasteiger partial charge in [-0.15, -0.1) is 0 Å². The molecular formula is C16H25N3O2. The molecular weight excluding hydrogens is 266 g/mol. The number of nitrogens with zero attached hydrogens (tertiary/aromatic N) is 1. The van der Waals surface area contributed by atoms with Gasteiger partial charge in [0.2, 0.25) is 5.91 Å². The number of amides is 1. The van der Waals surface area contributed by atoms with E-state index in [4.69, 9.17) is 5.73 Å². The van der Waals surface area contributed by atoms with Crippen molar-refractivity contribution in [3.8, 4) is 0 Å². The summed E-state index contributed by atoms with van der Waals surface area (Å²) >= 11 is 0. The maximum absolute atomic E-state index is 12.2. The normalized spacial score (nSPS) is 22.3. The van der Waals surface area contributed by atoms with Crippen molar-refractivity contribution < 1.29 is 9.90 Å². The fourth-order valence-electron chi connectivity index (χ4n) is 2.96. The van der Waals surface area contributed by atoms with E-state index >= 15 is 0 Å². The number of hydrogen-bond donors (Lipinski definition) is 3. The van der Waals surface area contributed by atoms with Crippen LogP contribution in [0.1, 0.15) is 31.2 Å². The number of benzene rings is 1. The number of hydrogen-bond acceptors (Lipinski definition) is 4. The molecule has 0 heterocycles. The minimum Gasteiger partial charge on any atom is -0.391 e. The molecule has 2 atom stereocenters. The van der Waals surface area contributed by atoms with E-state index in [1.807, 2.05) is 36.2 Å². The Kier molecular flexibility index (Phi) is 5.73. The number of carbonyl (C=O) groups excluding carboxylic acids is 1. The van der Waals surface area contributed by atoms with Crippen molar-refractivity contribution in [2.75, 3.05) is 18.9 Å². The minimum atomic E-state index is -0.326. The summed E-state index contributed by atoms with van der Waals surface area (Å²) in [6, 6.07) is 7.63. The number of nitrogens with two attached hydrogens (primary N) is 1. The summed E-state index contributed by atoms with van der Waals surface area (Å²) in [5, 5.41) is 12.9. The quantitative estimate of drug-likeness (QED) is 0.764. The van der Waals surface area contributed by atoms with Crippen LogP contribution in [0, 0.1) is 0 Å². The summed E-state index contributed by atoms with van der Waals surface area (Å²) in [5.74, 6) is -0.0730. The number of rotatable bonds is 5. The largest absolute Gasteiger partial charge is 0.391 e. The van der Waals surface area contributed by atoms with Crippen molar-refractivity contribution >= 4 is 11.6 Å². The van der Waals surface area contributed by atoms with Gasteiger partial charge in [-0.05, 0) is 31.5 Å². The first-order valence-corrected chi connectivity index (χ1v) is 7.58. The lowest BCUT2D eigenvalue weighted by Gasteiger charge is -2.34. The Bertz CT molecular complexity index is 478. The van der Waals surface area contributed by atoms with Crippen LogP contribution in [0.5, 0.6) is 0 Å². The Balaban J connectivity index is 1.91. The van der Waals surface area contributed by atoms with Crippen molar-refractivity contribution in [2.45, 2.75) is 44.4 Å². The van der Waals surface area contributed by atoms with Crippen molar-refractivity contribution in [3.05, 3.63) is 29.8 Å². The Labute approximate surface area is 126 Å². The highest BCUT2D eigenvalue weighted by Gasteiger charge is 2.27. The molecule has 0 saturated heterocycles. The van der Waals surface area contributed by atoms with Crippen LogP contribution in [-0.4, -0.2) is 41.7 Å². The molecule has 1 aliphatic rings. The van der Waals surface area contributed by atoms with Crippen molar-refractivity contribution in [2.24, 2.45) is 5.73 Å². The van der Waals surface area contributed by atoms with Crippen LogP contribution in [0.25, 0.3) is 0 Å². The highest BCUT2D eigenvalue weighted by molar-refractivity contribution is 5.93. The fourth-order valence-corrected chi connectivity index (χ4v) is 2.96. The summed E-state index contributed by atoms with van der Waals surface area (Å²) in [6.07, 6.45) is 3.63. The molecule has 0 radical (unpaired) electrons. The second-order valence-corrected chi connectivity index (χ2v) is 5.74. The Hall–Kier alpha value is -1.43. The van der Waals surface area contributed by atoms with Crippen LogP contribution >= 0.6 is 0 Å². The molecule has 2 rings (SSSR count). The third-order valence-corrected chi connectivity index (χ3v) is 4.16. The molecule has 0 spiro atoms. The molecule has 5 heteroatoms. The molecule has 21 heavy (non-hydrogen) atoms. The SMILES string of the molecule is CN(CC(=O)Nc1ccccc1CN)C1CCCCC1O. The van der Waals surface area contributed by atoms with Crippen LogP contribution in [0.15, 0.2) is 24.3 Å². The zero-order chi connectivity index (χ0) is 15.2. The number of anilines is 1. The summed E-state index contributed by atoms with van der Waals surface area (Å²) in [4.78, 5) is 14.1. The number of aliphatic hydroxyl groups excluding tert-OH is 1. The summed E-state index contributed by atoms with van der Waals surface area (Å²) in [5.41, 5.74) is 7.36. The molecule has 0 aliphatic heterocycles. The van der Waals surface area contributed by atoms with Crippen LogP contribution < -0.4 is 11.1 Å². The number of likely N-dealkylation sites (N-methyl/N-ethyl adjacent to an activating group) is 1. The molecule has 4 N–H and O–H groups in total. The maximum atomic E-state index is 12.2. The van der Waals surface area contributed by atoms with E-state index in [1.54, 1.807) is 0 Å². The molecule has 116 valence electrons. The molecule has 0 bridgehead atoms. The zero-order valence-corrected chi connectivity index (χ0v) is 12.6. The van der Waals surface area contributed by atoms with E-state index in [2.05, 4.69) is 5.32 Å². The number of nitrogens with one attached hydrogen (secondary N) is 1. The second kappa shape index (κ2) is 7.54. The van der Waals surface area contributed by atoms with Crippen molar-refractivity contribution in [3.63, 3.8) is 0 Å².